The molecule has 1 unspecified atom stereocenters. The van der Waals surface area contributed by atoms with Gasteiger partial charge in [0.15, 0.2) is 0 Å². The summed E-state index contributed by atoms with van der Waals surface area (Å²) in [4.78, 5) is 16.5. The van der Waals surface area contributed by atoms with Crippen molar-refractivity contribution in [1.29, 1.82) is 0 Å². The van der Waals surface area contributed by atoms with Crippen LogP contribution in [0.3, 0.4) is 0 Å². The van der Waals surface area contributed by atoms with E-state index in [0.717, 1.165) is 25.7 Å². The van der Waals surface area contributed by atoms with Crippen LogP contribution in [-0.4, -0.2) is 31.5 Å². The number of amides is 1. The quantitative estimate of drug-likeness (QED) is 0.854. The number of carbonyl (C=O) groups is 1. The minimum atomic E-state index is -3.98. The van der Waals surface area contributed by atoms with E-state index in [2.05, 4.69) is 9.71 Å². The molecule has 3 rings (SSSR count). The zero-order valence-electron chi connectivity index (χ0n) is 14.1. The summed E-state index contributed by atoms with van der Waals surface area (Å²) >= 11 is 0. The fourth-order valence-electron chi connectivity index (χ4n) is 3.18. The first kappa shape index (κ1) is 17.8. The first-order chi connectivity index (χ1) is 12.0. The maximum atomic E-state index is 12.7. The van der Waals surface area contributed by atoms with Crippen molar-refractivity contribution in [3.05, 3.63) is 36.7 Å². The Morgan fingerprint density at radius 3 is 2.80 bits per heavy atom. The zero-order chi connectivity index (χ0) is 17.9. The lowest BCUT2D eigenvalue weighted by Gasteiger charge is -2.20. The van der Waals surface area contributed by atoms with E-state index in [-0.39, 0.29) is 11.0 Å². The molecule has 1 atom stereocenters. The number of pyridine rings is 1. The Morgan fingerprint density at radius 1 is 1.32 bits per heavy atom. The maximum Gasteiger partial charge on any atom is 0.264 e. The van der Waals surface area contributed by atoms with Crippen molar-refractivity contribution >= 4 is 26.7 Å². The van der Waals surface area contributed by atoms with Crippen LogP contribution in [0, 0.1) is 0 Å². The fraction of sp³-hybridized carbons (Fsp3) is 0.444. The smallest absolute Gasteiger partial charge is 0.264 e. The standard InChI is InChI=1S/C18H22N2O4S/c1-2-16(24-14-7-3-4-8-14)18(21)20-25(22,23)17-9-5-6-13-12-19-11-10-15(13)17/h5-6,9-12,14,16H,2-4,7-8H2,1H3,(H,20,21). The summed E-state index contributed by atoms with van der Waals surface area (Å²) in [6, 6.07) is 6.52. The average molecular weight is 362 g/mol. The van der Waals surface area contributed by atoms with E-state index in [1.165, 1.54) is 12.3 Å². The second-order valence-corrected chi connectivity index (χ2v) is 7.91. The Kier molecular flexibility index (Phi) is 5.34. The highest BCUT2D eigenvalue weighted by Crippen LogP contribution is 2.24. The highest BCUT2D eigenvalue weighted by atomic mass is 32.2. The van der Waals surface area contributed by atoms with Crippen molar-refractivity contribution in [2.45, 2.75) is 56.1 Å². The van der Waals surface area contributed by atoms with Gasteiger partial charge in [0, 0.05) is 23.2 Å². The van der Waals surface area contributed by atoms with Crippen molar-refractivity contribution in [3.63, 3.8) is 0 Å². The average Bonchev–Trinajstić information content (AvgIpc) is 3.11. The molecule has 7 heteroatoms. The summed E-state index contributed by atoms with van der Waals surface area (Å²) < 4.78 is 33.4. The normalized spacial score (nSPS) is 16.8. The van der Waals surface area contributed by atoms with Crippen LogP contribution in [0.4, 0.5) is 0 Å². The Morgan fingerprint density at radius 2 is 2.08 bits per heavy atom. The number of rotatable bonds is 6. The van der Waals surface area contributed by atoms with Crippen LogP contribution in [0.1, 0.15) is 39.0 Å². The minimum Gasteiger partial charge on any atom is -0.365 e. The number of hydrogen-bond acceptors (Lipinski definition) is 5. The number of hydrogen-bond donors (Lipinski definition) is 1. The van der Waals surface area contributed by atoms with Gasteiger partial charge in [-0.1, -0.05) is 31.9 Å². The highest BCUT2D eigenvalue weighted by Gasteiger charge is 2.28. The van der Waals surface area contributed by atoms with Crippen LogP contribution in [0.15, 0.2) is 41.6 Å². The molecule has 1 aromatic carbocycles. The van der Waals surface area contributed by atoms with E-state index in [1.807, 2.05) is 6.92 Å². The molecule has 1 aliphatic carbocycles. The van der Waals surface area contributed by atoms with Crippen molar-refractivity contribution in [1.82, 2.24) is 9.71 Å². The van der Waals surface area contributed by atoms with Gasteiger partial charge in [-0.2, -0.15) is 0 Å². The third-order valence-electron chi connectivity index (χ3n) is 4.49. The third-order valence-corrected chi connectivity index (χ3v) is 5.89. The first-order valence-corrected chi connectivity index (χ1v) is 10.0. The van der Waals surface area contributed by atoms with Gasteiger partial charge in [0.1, 0.15) is 6.10 Å². The molecule has 0 saturated heterocycles. The minimum absolute atomic E-state index is 0.0435. The fourth-order valence-corrected chi connectivity index (χ4v) is 4.42. The molecule has 25 heavy (non-hydrogen) atoms. The van der Waals surface area contributed by atoms with Gasteiger partial charge < -0.3 is 4.74 Å². The molecule has 134 valence electrons. The molecule has 0 radical (unpaired) electrons. The van der Waals surface area contributed by atoms with Gasteiger partial charge in [-0.05, 0) is 31.4 Å². The summed E-state index contributed by atoms with van der Waals surface area (Å²) in [6.07, 6.45) is 6.86. The Bertz CT molecular complexity index is 855. The number of sulfonamides is 1. The number of nitrogens with zero attached hydrogens (tertiary/aromatic N) is 1. The largest absolute Gasteiger partial charge is 0.365 e. The van der Waals surface area contributed by atoms with Crippen LogP contribution in [-0.2, 0) is 19.6 Å². The first-order valence-electron chi connectivity index (χ1n) is 8.56. The summed E-state index contributed by atoms with van der Waals surface area (Å²) in [5.74, 6) is -0.611. The van der Waals surface area contributed by atoms with Crippen LogP contribution >= 0.6 is 0 Å². The lowest BCUT2D eigenvalue weighted by atomic mass is 10.2. The molecule has 6 nitrogen and oxygen atoms in total. The Hall–Kier alpha value is -1.99. The molecule has 1 saturated carbocycles. The van der Waals surface area contributed by atoms with Gasteiger partial charge in [-0.3, -0.25) is 9.78 Å². The molecule has 1 N–H and O–H groups in total. The molecule has 1 aromatic heterocycles. The van der Waals surface area contributed by atoms with Crippen molar-refractivity contribution in [2.75, 3.05) is 0 Å². The SMILES string of the molecule is CCC(OC1CCCC1)C(=O)NS(=O)(=O)c1cccc2cnccc12. The van der Waals surface area contributed by atoms with Gasteiger partial charge in [0.2, 0.25) is 0 Å². The number of fused-ring (bicyclic) bond motifs is 1. The molecule has 1 amide bonds. The molecule has 1 aliphatic rings. The number of nitrogens with one attached hydrogen (secondary N) is 1. The van der Waals surface area contributed by atoms with E-state index in [9.17, 15) is 13.2 Å². The summed E-state index contributed by atoms with van der Waals surface area (Å²) in [5, 5.41) is 1.23. The molecule has 0 bridgehead atoms. The molecule has 1 fully saturated rings. The lowest BCUT2D eigenvalue weighted by Crippen LogP contribution is -2.41. The monoisotopic (exact) mass is 362 g/mol. The second kappa shape index (κ2) is 7.49. The summed E-state index contributed by atoms with van der Waals surface area (Å²) in [7, 11) is -3.98. The van der Waals surface area contributed by atoms with E-state index in [0.29, 0.717) is 17.2 Å². The predicted octanol–water partition coefficient (Wildman–Crippen LogP) is 2.78. The third kappa shape index (κ3) is 3.99. The van der Waals surface area contributed by atoms with E-state index in [4.69, 9.17) is 4.74 Å². The number of ether oxygens (including phenoxy) is 1. The van der Waals surface area contributed by atoms with Crippen LogP contribution in [0.2, 0.25) is 0 Å². The maximum absolute atomic E-state index is 12.7. The molecular formula is C18H22N2O4S. The predicted molar refractivity (Wildman–Crippen MR) is 94.5 cm³/mol. The van der Waals surface area contributed by atoms with Crippen LogP contribution in [0.5, 0.6) is 0 Å². The molecule has 0 spiro atoms. The number of benzene rings is 1. The van der Waals surface area contributed by atoms with E-state index >= 15 is 0 Å². The van der Waals surface area contributed by atoms with Crippen LogP contribution < -0.4 is 4.72 Å². The lowest BCUT2D eigenvalue weighted by molar-refractivity contribution is -0.134. The van der Waals surface area contributed by atoms with Crippen molar-refractivity contribution in [2.24, 2.45) is 0 Å². The number of aromatic nitrogens is 1. The summed E-state index contributed by atoms with van der Waals surface area (Å²) in [5.41, 5.74) is 0. The van der Waals surface area contributed by atoms with E-state index in [1.54, 1.807) is 24.4 Å². The van der Waals surface area contributed by atoms with Gasteiger partial charge >= 0.3 is 0 Å². The second-order valence-electron chi connectivity index (χ2n) is 6.26. The van der Waals surface area contributed by atoms with Gasteiger partial charge in [-0.25, -0.2) is 13.1 Å². The zero-order valence-corrected chi connectivity index (χ0v) is 15.0. The highest BCUT2D eigenvalue weighted by molar-refractivity contribution is 7.90. The number of carbonyl (C=O) groups excluding carboxylic acids is 1. The summed E-state index contributed by atoms with van der Waals surface area (Å²) in [6.45, 7) is 1.81. The van der Waals surface area contributed by atoms with Gasteiger partial charge in [-0.15, -0.1) is 0 Å². The topological polar surface area (TPSA) is 85.4 Å². The van der Waals surface area contributed by atoms with Crippen molar-refractivity contribution < 1.29 is 17.9 Å². The molecule has 1 heterocycles. The molecule has 2 aromatic rings. The van der Waals surface area contributed by atoms with Gasteiger partial charge in [0.05, 0.1) is 11.0 Å². The Labute approximate surface area is 147 Å². The van der Waals surface area contributed by atoms with Crippen molar-refractivity contribution in [3.8, 4) is 0 Å². The van der Waals surface area contributed by atoms with Gasteiger partial charge in [0.25, 0.3) is 15.9 Å². The molecule has 0 aliphatic heterocycles. The van der Waals surface area contributed by atoms with E-state index < -0.39 is 22.0 Å². The van der Waals surface area contributed by atoms with Crippen LogP contribution in [0.25, 0.3) is 10.8 Å². The molecular weight excluding hydrogens is 340 g/mol. The Balaban J connectivity index is 1.80.